The Morgan fingerprint density at radius 2 is 2.00 bits per heavy atom. The van der Waals surface area contributed by atoms with Crippen LogP contribution in [0.1, 0.15) is 0 Å². The molecule has 0 heterocycles. The van der Waals surface area contributed by atoms with E-state index in [0.29, 0.717) is 5.75 Å². The van der Waals surface area contributed by atoms with Crippen LogP contribution in [0.3, 0.4) is 0 Å². The van der Waals surface area contributed by atoms with Gasteiger partial charge in [0, 0.05) is 12.3 Å². The van der Waals surface area contributed by atoms with Crippen molar-refractivity contribution in [3.8, 4) is 5.75 Å². The van der Waals surface area contributed by atoms with Crippen LogP contribution in [0, 0.1) is 5.41 Å². The zero-order valence-electron chi connectivity index (χ0n) is 6.53. The van der Waals surface area contributed by atoms with Crippen molar-refractivity contribution in [2.45, 2.75) is 0 Å². The second kappa shape index (κ2) is 4.18. The fraction of sp³-hybridized carbons (Fsp3) is 0. The van der Waals surface area contributed by atoms with Gasteiger partial charge in [-0.1, -0.05) is 18.2 Å². The van der Waals surface area contributed by atoms with E-state index in [2.05, 4.69) is 0 Å². The SMILES string of the molecule is N=C/C=C(\N)Oc1ccccc1. The standard InChI is InChI=1S/C9H10N2O/c10-7-6-9(11)12-8-4-2-1-3-5-8/h1-7,10H,11H2/b9-6+,10-7?. The number of benzene rings is 1. The number of allylic oxidation sites excluding steroid dienone is 1. The van der Waals surface area contributed by atoms with Crippen molar-refractivity contribution in [3.05, 3.63) is 42.3 Å². The highest BCUT2D eigenvalue weighted by atomic mass is 16.5. The molecule has 12 heavy (non-hydrogen) atoms. The van der Waals surface area contributed by atoms with Gasteiger partial charge in [0.15, 0.2) is 5.88 Å². The van der Waals surface area contributed by atoms with Gasteiger partial charge in [-0.2, -0.15) is 0 Å². The molecule has 0 amide bonds. The number of hydrogen-bond donors (Lipinski definition) is 2. The molecular formula is C9H10N2O. The zero-order valence-corrected chi connectivity index (χ0v) is 6.53. The van der Waals surface area contributed by atoms with Crippen LogP contribution in [0.2, 0.25) is 0 Å². The molecule has 0 spiro atoms. The maximum atomic E-state index is 6.74. The molecule has 0 fully saturated rings. The van der Waals surface area contributed by atoms with Crippen molar-refractivity contribution in [1.82, 2.24) is 0 Å². The summed E-state index contributed by atoms with van der Waals surface area (Å²) >= 11 is 0. The third-order valence-corrected chi connectivity index (χ3v) is 1.23. The van der Waals surface area contributed by atoms with Crippen LogP contribution in [0.25, 0.3) is 0 Å². The van der Waals surface area contributed by atoms with E-state index in [4.69, 9.17) is 15.9 Å². The Hall–Kier alpha value is -1.77. The van der Waals surface area contributed by atoms with Gasteiger partial charge < -0.3 is 15.9 Å². The largest absolute Gasteiger partial charge is 0.442 e. The fourth-order valence-corrected chi connectivity index (χ4v) is 0.741. The van der Waals surface area contributed by atoms with E-state index in [1.807, 2.05) is 18.2 Å². The minimum atomic E-state index is 0.219. The van der Waals surface area contributed by atoms with Crippen LogP contribution in [-0.2, 0) is 0 Å². The molecule has 1 rings (SSSR count). The predicted octanol–water partition coefficient (Wildman–Crippen LogP) is 1.52. The molecule has 0 aliphatic heterocycles. The summed E-state index contributed by atoms with van der Waals surface area (Å²) in [7, 11) is 0. The lowest BCUT2D eigenvalue weighted by molar-refractivity contribution is 0.421. The van der Waals surface area contributed by atoms with E-state index in [1.54, 1.807) is 12.1 Å². The predicted molar refractivity (Wildman–Crippen MR) is 48.1 cm³/mol. The average Bonchev–Trinajstić information content (AvgIpc) is 2.06. The Balaban J connectivity index is 2.64. The Kier molecular flexibility index (Phi) is 2.90. The molecule has 0 aromatic heterocycles. The first-order chi connectivity index (χ1) is 5.83. The highest BCUT2D eigenvalue weighted by Gasteiger charge is 1.91. The number of nitrogens with one attached hydrogen (secondary N) is 1. The molecule has 0 aliphatic rings. The van der Waals surface area contributed by atoms with Gasteiger partial charge in [0.05, 0.1) is 0 Å². The molecule has 0 saturated heterocycles. The van der Waals surface area contributed by atoms with E-state index in [1.165, 1.54) is 6.08 Å². The van der Waals surface area contributed by atoms with E-state index in [0.717, 1.165) is 6.21 Å². The molecule has 0 atom stereocenters. The second-order valence-electron chi connectivity index (χ2n) is 2.15. The van der Waals surface area contributed by atoms with E-state index >= 15 is 0 Å². The van der Waals surface area contributed by atoms with Gasteiger partial charge in [0.2, 0.25) is 0 Å². The Morgan fingerprint density at radius 3 is 2.58 bits per heavy atom. The lowest BCUT2D eigenvalue weighted by atomic mass is 10.3. The Morgan fingerprint density at radius 1 is 1.33 bits per heavy atom. The fourth-order valence-electron chi connectivity index (χ4n) is 0.741. The first kappa shape index (κ1) is 8.33. The summed E-state index contributed by atoms with van der Waals surface area (Å²) in [6.45, 7) is 0. The third-order valence-electron chi connectivity index (χ3n) is 1.23. The molecule has 0 saturated carbocycles. The van der Waals surface area contributed by atoms with Crippen molar-refractivity contribution in [2.24, 2.45) is 5.73 Å². The number of hydrogen-bond acceptors (Lipinski definition) is 3. The van der Waals surface area contributed by atoms with Crippen molar-refractivity contribution < 1.29 is 4.74 Å². The van der Waals surface area contributed by atoms with Crippen LogP contribution in [0.4, 0.5) is 0 Å². The van der Waals surface area contributed by atoms with Gasteiger partial charge in [-0.3, -0.25) is 0 Å². The molecule has 0 bridgehead atoms. The lowest BCUT2D eigenvalue weighted by Gasteiger charge is -2.02. The topological polar surface area (TPSA) is 59.1 Å². The van der Waals surface area contributed by atoms with Gasteiger partial charge in [-0.25, -0.2) is 0 Å². The van der Waals surface area contributed by atoms with Crippen molar-refractivity contribution in [3.63, 3.8) is 0 Å². The van der Waals surface area contributed by atoms with Crippen LogP contribution < -0.4 is 10.5 Å². The average molecular weight is 162 g/mol. The monoisotopic (exact) mass is 162 g/mol. The first-order valence-corrected chi connectivity index (χ1v) is 3.52. The summed E-state index contributed by atoms with van der Waals surface area (Å²) in [4.78, 5) is 0. The molecule has 3 N–H and O–H groups in total. The number of nitrogens with two attached hydrogens (primary N) is 1. The van der Waals surface area contributed by atoms with Gasteiger partial charge >= 0.3 is 0 Å². The first-order valence-electron chi connectivity index (χ1n) is 3.52. The lowest BCUT2D eigenvalue weighted by Crippen LogP contribution is -2.05. The minimum Gasteiger partial charge on any atom is -0.442 e. The van der Waals surface area contributed by atoms with Crippen LogP contribution in [-0.4, -0.2) is 6.21 Å². The molecule has 0 radical (unpaired) electrons. The number of para-hydroxylation sites is 1. The minimum absolute atomic E-state index is 0.219. The summed E-state index contributed by atoms with van der Waals surface area (Å²) in [5, 5.41) is 6.74. The Bertz CT molecular complexity index is 280. The summed E-state index contributed by atoms with van der Waals surface area (Å²) < 4.78 is 5.14. The maximum absolute atomic E-state index is 6.74. The van der Waals surface area contributed by atoms with Crippen LogP contribution in [0.15, 0.2) is 42.3 Å². The molecule has 0 unspecified atom stereocenters. The van der Waals surface area contributed by atoms with E-state index in [9.17, 15) is 0 Å². The van der Waals surface area contributed by atoms with Crippen LogP contribution >= 0.6 is 0 Å². The molecule has 1 aromatic carbocycles. The molecule has 1 aromatic rings. The summed E-state index contributed by atoms with van der Waals surface area (Å²) in [6, 6.07) is 9.19. The summed E-state index contributed by atoms with van der Waals surface area (Å²) in [6.07, 6.45) is 2.46. The quantitative estimate of drug-likeness (QED) is 0.523. The van der Waals surface area contributed by atoms with Gasteiger partial charge in [0.25, 0.3) is 0 Å². The van der Waals surface area contributed by atoms with E-state index in [-0.39, 0.29) is 5.88 Å². The smallest absolute Gasteiger partial charge is 0.192 e. The molecule has 62 valence electrons. The number of rotatable bonds is 3. The normalized spacial score (nSPS) is 10.8. The summed E-state index contributed by atoms with van der Waals surface area (Å²) in [5.74, 6) is 0.893. The van der Waals surface area contributed by atoms with Gasteiger partial charge in [-0.05, 0) is 12.1 Å². The van der Waals surface area contributed by atoms with Crippen molar-refractivity contribution in [2.75, 3.05) is 0 Å². The molecule has 3 heteroatoms. The molecule has 0 aliphatic carbocycles. The van der Waals surface area contributed by atoms with Gasteiger partial charge in [0.1, 0.15) is 5.75 Å². The summed E-state index contributed by atoms with van der Waals surface area (Å²) in [5.41, 5.74) is 5.40. The van der Waals surface area contributed by atoms with Crippen molar-refractivity contribution in [1.29, 1.82) is 5.41 Å². The molecular weight excluding hydrogens is 152 g/mol. The number of ether oxygens (including phenoxy) is 1. The Labute approximate surface area is 71.0 Å². The maximum Gasteiger partial charge on any atom is 0.192 e. The van der Waals surface area contributed by atoms with Crippen molar-refractivity contribution >= 4 is 6.21 Å². The second-order valence-corrected chi connectivity index (χ2v) is 2.15. The zero-order chi connectivity index (χ0) is 8.81. The van der Waals surface area contributed by atoms with E-state index < -0.39 is 0 Å². The van der Waals surface area contributed by atoms with Crippen LogP contribution in [0.5, 0.6) is 5.75 Å². The highest BCUT2D eigenvalue weighted by Crippen LogP contribution is 2.09. The highest BCUT2D eigenvalue weighted by molar-refractivity contribution is 5.68. The third kappa shape index (κ3) is 2.46. The molecule has 3 nitrogen and oxygen atoms in total. The van der Waals surface area contributed by atoms with Gasteiger partial charge in [-0.15, -0.1) is 0 Å².